The van der Waals surface area contributed by atoms with Crippen LogP contribution in [0.2, 0.25) is 0 Å². The van der Waals surface area contributed by atoms with Crippen molar-refractivity contribution in [3.8, 4) is 11.5 Å². The molecule has 1 atom stereocenters. The van der Waals surface area contributed by atoms with E-state index in [-0.39, 0.29) is 0 Å². The second-order valence-electron chi connectivity index (χ2n) is 4.53. The molecule has 92 valence electrons. The average Bonchev–Trinajstić information content (AvgIpc) is 2.74. The Morgan fingerprint density at radius 2 is 2.12 bits per heavy atom. The molecule has 1 saturated heterocycles. The molecule has 17 heavy (non-hydrogen) atoms. The van der Waals surface area contributed by atoms with Gasteiger partial charge in [0, 0.05) is 28.9 Å². The predicted molar refractivity (Wildman–Crippen MR) is 70.0 cm³/mol. The second kappa shape index (κ2) is 4.86. The van der Waals surface area contributed by atoms with Gasteiger partial charge >= 0.3 is 0 Å². The van der Waals surface area contributed by atoms with Crippen molar-refractivity contribution in [3.05, 3.63) is 22.2 Å². The van der Waals surface area contributed by atoms with Crippen LogP contribution in [0.5, 0.6) is 11.5 Å². The largest absolute Gasteiger partial charge is 0.490 e. The normalized spacial score (nSPS) is 23.5. The van der Waals surface area contributed by atoms with Crippen LogP contribution in [-0.2, 0) is 0 Å². The molecule has 0 aliphatic carbocycles. The molecular formula is C13H16BrNO2. The molecule has 1 unspecified atom stereocenters. The first-order valence-electron chi connectivity index (χ1n) is 6.15. The van der Waals surface area contributed by atoms with Gasteiger partial charge in [0.15, 0.2) is 11.5 Å². The fraction of sp³-hybridized carbons (Fsp3) is 0.538. The van der Waals surface area contributed by atoms with Gasteiger partial charge in [-0.1, -0.05) is 15.9 Å². The van der Waals surface area contributed by atoms with E-state index in [2.05, 4.69) is 27.3 Å². The van der Waals surface area contributed by atoms with Gasteiger partial charge < -0.3 is 14.8 Å². The Bertz CT molecular complexity index is 416. The van der Waals surface area contributed by atoms with Crippen molar-refractivity contribution < 1.29 is 9.47 Å². The fourth-order valence-electron chi connectivity index (χ4n) is 2.51. The van der Waals surface area contributed by atoms with Gasteiger partial charge in [0.05, 0.1) is 13.2 Å². The highest BCUT2D eigenvalue weighted by Crippen LogP contribution is 2.43. The summed E-state index contributed by atoms with van der Waals surface area (Å²) >= 11 is 3.65. The standard InChI is InChI=1S/C13H16BrNO2/c14-10-2-3-11-13(17-7-1-6-16-11)12(10)9-4-5-15-8-9/h2-3,9,15H,1,4-8H2. The van der Waals surface area contributed by atoms with Crippen LogP contribution in [0.3, 0.4) is 0 Å². The molecule has 0 bridgehead atoms. The number of hydrogen-bond donors (Lipinski definition) is 1. The summed E-state index contributed by atoms with van der Waals surface area (Å²) in [5.41, 5.74) is 1.27. The molecule has 0 saturated carbocycles. The Kier molecular flexibility index (Phi) is 3.25. The van der Waals surface area contributed by atoms with Crippen LogP contribution in [0, 0.1) is 0 Å². The summed E-state index contributed by atoms with van der Waals surface area (Å²) in [6, 6.07) is 4.07. The van der Waals surface area contributed by atoms with E-state index < -0.39 is 0 Å². The monoisotopic (exact) mass is 297 g/mol. The van der Waals surface area contributed by atoms with Crippen LogP contribution in [0.15, 0.2) is 16.6 Å². The third-order valence-electron chi connectivity index (χ3n) is 3.37. The van der Waals surface area contributed by atoms with Crippen LogP contribution in [0.1, 0.15) is 24.3 Å². The van der Waals surface area contributed by atoms with E-state index in [9.17, 15) is 0 Å². The maximum Gasteiger partial charge on any atom is 0.165 e. The molecule has 1 N–H and O–H groups in total. The summed E-state index contributed by atoms with van der Waals surface area (Å²) in [5.74, 6) is 2.37. The van der Waals surface area contributed by atoms with E-state index in [1.54, 1.807) is 0 Å². The lowest BCUT2D eigenvalue weighted by atomic mass is 9.97. The average molecular weight is 298 g/mol. The van der Waals surface area contributed by atoms with Crippen LogP contribution < -0.4 is 14.8 Å². The van der Waals surface area contributed by atoms with Crippen molar-refractivity contribution in [1.82, 2.24) is 5.32 Å². The van der Waals surface area contributed by atoms with E-state index in [4.69, 9.17) is 9.47 Å². The van der Waals surface area contributed by atoms with Gasteiger partial charge in [-0.05, 0) is 25.1 Å². The highest BCUT2D eigenvalue weighted by Gasteiger charge is 2.26. The van der Waals surface area contributed by atoms with Crippen LogP contribution in [-0.4, -0.2) is 26.3 Å². The summed E-state index contributed by atoms with van der Waals surface area (Å²) in [5, 5.41) is 3.40. The minimum atomic E-state index is 0.529. The van der Waals surface area contributed by atoms with Crippen molar-refractivity contribution >= 4 is 15.9 Å². The van der Waals surface area contributed by atoms with Gasteiger partial charge in [-0.2, -0.15) is 0 Å². The third-order valence-corrected chi connectivity index (χ3v) is 4.06. The second-order valence-corrected chi connectivity index (χ2v) is 5.38. The molecule has 2 heterocycles. The Balaban J connectivity index is 2.05. The molecule has 0 aromatic heterocycles. The van der Waals surface area contributed by atoms with Crippen molar-refractivity contribution in [1.29, 1.82) is 0 Å². The van der Waals surface area contributed by atoms with Gasteiger partial charge in [-0.3, -0.25) is 0 Å². The quantitative estimate of drug-likeness (QED) is 0.864. The van der Waals surface area contributed by atoms with Crippen LogP contribution in [0.4, 0.5) is 0 Å². The van der Waals surface area contributed by atoms with E-state index in [0.717, 1.165) is 48.7 Å². The highest BCUT2D eigenvalue weighted by atomic mass is 79.9. The number of benzene rings is 1. The minimum absolute atomic E-state index is 0.529. The summed E-state index contributed by atoms with van der Waals surface area (Å²) in [7, 11) is 0. The summed E-state index contributed by atoms with van der Waals surface area (Å²) in [6.07, 6.45) is 2.12. The summed E-state index contributed by atoms with van der Waals surface area (Å²) in [6.45, 7) is 3.60. The Morgan fingerprint density at radius 3 is 2.94 bits per heavy atom. The smallest absolute Gasteiger partial charge is 0.165 e. The molecule has 3 rings (SSSR count). The van der Waals surface area contributed by atoms with Gasteiger partial charge in [-0.25, -0.2) is 0 Å². The highest BCUT2D eigenvalue weighted by molar-refractivity contribution is 9.10. The van der Waals surface area contributed by atoms with Crippen molar-refractivity contribution in [2.45, 2.75) is 18.8 Å². The number of hydrogen-bond acceptors (Lipinski definition) is 3. The first kappa shape index (κ1) is 11.4. The van der Waals surface area contributed by atoms with Crippen LogP contribution >= 0.6 is 15.9 Å². The zero-order valence-corrected chi connectivity index (χ0v) is 11.3. The van der Waals surface area contributed by atoms with E-state index in [0.29, 0.717) is 5.92 Å². The van der Waals surface area contributed by atoms with Gasteiger partial charge in [-0.15, -0.1) is 0 Å². The molecule has 2 aliphatic heterocycles. The number of ether oxygens (including phenoxy) is 2. The summed E-state index contributed by atoms with van der Waals surface area (Å²) in [4.78, 5) is 0. The first-order chi connectivity index (χ1) is 8.36. The fourth-order valence-corrected chi connectivity index (χ4v) is 3.15. The van der Waals surface area contributed by atoms with E-state index in [1.165, 1.54) is 12.0 Å². The lowest BCUT2D eigenvalue weighted by Gasteiger charge is -2.18. The van der Waals surface area contributed by atoms with Crippen molar-refractivity contribution in [2.24, 2.45) is 0 Å². The Hall–Kier alpha value is -0.740. The third kappa shape index (κ3) is 2.16. The molecule has 1 aromatic rings. The lowest BCUT2D eigenvalue weighted by Crippen LogP contribution is -2.09. The zero-order chi connectivity index (χ0) is 11.7. The molecular weight excluding hydrogens is 282 g/mol. The maximum atomic E-state index is 5.89. The SMILES string of the molecule is Brc1ccc2c(c1C1CCNC1)OCCCO2. The van der Waals surface area contributed by atoms with Gasteiger partial charge in [0.2, 0.25) is 0 Å². The molecule has 0 amide bonds. The van der Waals surface area contributed by atoms with E-state index >= 15 is 0 Å². The lowest BCUT2D eigenvalue weighted by molar-refractivity contribution is 0.295. The number of rotatable bonds is 1. The maximum absolute atomic E-state index is 5.89. The molecule has 1 fully saturated rings. The van der Waals surface area contributed by atoms with Crippen LogP contribution in [0.25, 0.3) is 0 Å². The van der Waals surface area contributed by atoms with E-state index in [1.807, 2.05) is 6.07 Å². The Morgan fingerprint density at radius 1 is 1.24 bits per heavy atom. The molecule has 0 radical (unpaired) electrons. The van der Waals surface area contributed by atoms with Gasteiger partial charge in [0.1, 0.15) is 0 Å². The zero-order valence-electron chi connectivity index (χ0n) is 9.67. The number of nitrogens with one attached hydrogen (secondary N) is 1. The van der Waals surface area contributed by atoms with Gasteiger partial charge in [0.25, 0.3) is 0 Å². The predicted octanol–water partition coefficient (Wildman–Crippen LogP) is 2.69. The number of halogens is 1. The first-order valence-corrected chi connectivity index (χ1v) is 6.94. The molecule has 1 aromatic carbocycles. The molecule has 0 spiro atoms. The Labute approximate surface area is 110 Å². The molecule has 2 aliphatic rings. The number of fused-ring (bicyclic) bond motifs is 1. The topological polar surface area (TPSA) is 30.5 Å². The molecule has 4 heteroatoms. The van der Waals surface area contributed by atoms with Crippen molar-refractivity contribution in [2.75, 3.05) is 26.3 Å². The van der Waals surface area contributed by atoms with Crippen molar-refractivity contribution in [3.63, 3.8) is 0 Å². The summed E-state index contributed by atoms with van der Waals surface area (Å²) < 4.78 is 12.8. The minimum Gasteiger partial charge on any atom is -0.490 e. The molecule has 3 nitrogen and oxygen atoms in total.